The fraction of sp³-hybridized carbons (Fsp3) is 0.167. The highest BCUT2D eigenvalue weighted by Gasteiger charge is 2.17. The third kappa shape index (κ3) is 1.89. The largest absolute Gasteiger partial charge is 0.474 e. The van der Waals surface area contributed by atoms with Crippen molar-refractivity contribution >= 4 is 17.0 Å². The van der Waals surface area contributed by atoms with Gasteiger partial charge in [-0.2, -0.15) is 0 Å². The van der Waals surface area contributed by atoms with Crippen LogP contribution >= 0.6 is 11.3 Å². The molecule has 0 radical (unpaired) electrons. The van der Waals surface area contributed by atoms with E-state index < -0.39 is 0 Å². The number of hydrogen-bond acceptors (Lipinski definition) is 5. The predicted molar refractivity (Wildman–Crippen MR) is 67.8 cm³/mol. The summed E-state index contributed by atoms with van der Waals surface area (Å²) in [6, 6.07) is 9.64. The third-order valence-corrected chi connectivity index (χ3v) is 3.38. The van der Waals surface area contributed by atoms with Crippen molar-refractivity contribution in [3.8, 4) is 16.5 Å². The lowest BCUT2D eigenvalue weighted by molar-refractivity contribution is 0.311. The van der Waals surface area contributed by atoms with Crippen LogP contribution in [0.1, 0.15) is 0 Å². The third-order valence-electron chi connectivity index (χ3n) is 2.47. The second-order valence-corrected chi connectivity index (χ2v) is 4.59. The van der Waals surface area contributed by atoms with Gasteiger partial charge in [-0.3, -0.25) is 4.79 Å². The van der Waals surface area contributed by atoms with Crippen LogP contribution in [0.2, 0.25) is 0 Å². The minimum Gasteiger partial charge on any atom is -0.474 e. The molecule has 1 aliphatic rings. The van der Waals surface area contributed by atoms with Crippen LogP contribution in [0.25, 0.3) is 10.6 Å². The van der Waals surface area contributed by atoms with Crippen LogP contribution in [0.15, 0.2) is 35.1 Å². The number of nitrogens with one attached hydrogen (secondary N) is 1. The first kappa shape index (κ1) is 10.3. The zero-order valence-electron chi connectivity index (χ0n) is 8.97. The highest BCUT2D eigenvalue weighted by Crippen LogP contribution is 2.27. The van der Waals surface area contributed by atoms with Crippen molar-refractivity contribution in [2.75, 3.05) is 18.5 Å². The SMILES string of the molecule is O=c1sc(-c2ccccc2)nc2c1NCCO2. The number of aromatic nitrogens is 1. The molecule has 3 rings (SSSR count). The molecule has 0 amide bonds. The first-order chi connectivity index (χ1) is 8.34. The highest BCUT2D eigenvalue weighted by molar-refractivity contribution is 7.12. The van der Waals surface area contributed by atoms with Crippen molar-refractivity contribution < 1.29 is 4.74 Å². The molecule has 0 saturated carbocycles. The van der Waals surface area contributed by atoms with E-state index in [1.54, 1.807) is 0 Å². The van der Waals surface area contributed by atoms with E-state index in [9.17, 15) is 4.79 Å². The van der Waals surface area contributed by atoms with Crippen molar-refractivity contribution in [1.82, 2.24) is 4.98 Å². The Morgan fingerprint density at radius 2 is 2.12 bits per heavy atom. The molecule has 0 unspecified atom stereocenters. The maximum absolute atomic E-state index is 11.9. The van der Waals surface area contributed by atoms with Crippen LogP contribution in [-0.2, 0) is 0 Å². The predicted octanol–water partition coefficient (Wildman–Crippen LogP) is 1.97. The van der Waals surface area contributed by atoms with E-state index in [0.717, 1.165) is 16.9 Å². The van der Waals surface area contributed by atoms with Crippen LogP contribution in [-0.4, -0.2) is 18.1 Å². The van der Waals surface area contributed by atoms with Crippen molar-refractivity contribution in [2.45, 2.75) is 0 Å². The van der Waals surface area contributed by atoms with E-state index in [4.69, 9.17) is 4.74 Å². The summed E-state index contributed by atoms with van der Waals surface area (Å²) >= 11 is 1.14. The number of benzene rings is 1. The molecule has 1 aromatic heterocycles. The molecule has 0 spiro atoms. The second-order valence-electron chi connectivity index (χ2n) is 3.63. The van der Waals surface area contributed by atoms with Gasteiger partial charge in [-0.05, 0) is 0 Å². The Morgan fingerprint density at radius 1 is 1.29 bits per heavy atom. The molecule has 0 aliphatic carbocycles. The van der Waals surface area contributed by atoms with Crippen LogP contribution in [0, 0.1) is 0 Å². The fourth-order valence-corrected chi connectivity index (χ4v) is 2.50. The molecule has 0 saturated heterocycles. The van der Waals surface area contributed by atoms with E-state index in [-0.39, 0.29) is 4.74 Å². The van der Waals surface area contributed by atoms with Gasteiger partial charge in [0.25, 0.3) is 4.74 Å². The normalized spacial score (nSPS) is 13.4. The van der Waals surface area contributed by atoms with Crippen molar-refractivity contribution in [1.29, 1.82) is 0 Å². The van der Waals surface area contributed by atoms with Crippen LogP contribution < -0.4 is 14.8 Å². The van der Waals surface area contributed by atoms with Gasteiger partial charge in [0.1, 0.15) is 11.6 Å². The highest BCUT2D eigenvalue weighted by atomic mass is 32.1. The van der Waals surface area contributed by atoms with Gasteiger partial charge >= 0.3 is 0 Å². The lowest BCUT2D eigenvalue weighted by Gasteiger charge is -2.17. The van der Waals surface area contributed by atoms with Gasteiger partial charge in [-0.15, -0.1) is 0 Å². The summed E-state index contributed by atoms with van der Waals surface area (Å²) in [5.41, 5.74) is 1.42. The van der Waals surface area contributed by atoms with Crippen molar-refractivity contribution in [2.24, 2.45) is 0 Å². The number of ether oxygens (including phenoxy) is 1. The molecule has 0 atom stereocenters. The van der Waals surface area contributed by atoms with Gasteiger partial charge in [-0.25, -0.2) is 4.98 Å². The summed E-state index contributed by atoms with van der Waals surface area (Å²) in [7, 11) is 0. The molecular formula is C12H10N2O2S. The summed E-state index contributed by atoms with van der Waals surface area (Å²) < 4.78 is 5.37. The molecule has 2 heterocycles. The minimum absolute atomic E-state index is 0.0337. The standard InChI is InChI=1S/C12H10N2O2S/c15-12-9-10(16-7-6-13-9)14-11(17-12)8-4-2-1-3-5-8/h1-5,13H,6-7H2. The molecule has 1 aliphatic heterocycles. The van der Waals surface area contributed by atoms with Crippen molar-refractivity contribution in [3.63, 3.8) is 0 Å². The first-order valence-electron chi connectivity index (χ1n) is 5.32. The molecule has 2 aromatic rings. The van der Waals surface area contributed by atoms with Gasteiger partial charge in [0.15, 0.2) is 5.69 Å². The topological polar surface area (TPSA) is 51.2 Å². The zero-order valence-corrected chi connectivity index (χ0v) is 9.79. The average Bonchev–Trinajstić information content (AvgIpc) is 2.40. The van der Waals surface area contributed by atoms with Crippen LogP contribution in [0.5, 0.6) is 5.88 Å². The minimum atomic E-state index is -0.0337. The Labute approximate surface area is 102 Å². The first-order valence-corrected chi connectivity index (χ1v) is 6.13. The maximum atomic E-state index is 11.9. The summed E-state index contributed by atoms with van der Waals surface area (Å²) in [6.45, 7) is 1.20. The van der Waals surface area contributed by atoms with Gasteiger partial charge < -0.3 is 10.1 Å². The van der Waals surface area contributed by atoms with Gasteiger partial charge in [0.2, 0.25) is 5.88 Å². The number of anilines is 1. The number of nitrogens with zero attached hydrogens (tertiary/aromatic N) is 1. The van der Waals surface area contributed by atoms with E-state index >= 15 is 0 Å². The Balaban J connectivity index is 2.14. The Morgan fingerprint density at radius 3 is 2.94 bits per heavy atom. The van der Waals surface area contributed by atoms with Crippen molar-refractivity contribution in [3.05, 3.63) is 39.9 Å². The lowest BCUT2D eigenvalue weighted by Crippen LogP contribution is -2.23. The Kier molecular flexibility index (Phi) is 2.53. The fourth-order valence-electron chi connectivity index (χ4n) is 1.68. The smallest absolute Gasteiger partial charge is 0.263 e. The molecule has 0 bridgehead atoms. The van der Waals surface area contributed by atoms with Crippen LogP contribution in [0.3, 0.4) is 0 Å². The van der Waals surface area contributed by atoms with Gasteiger partial charge in [-0.1, -0.05) is 41.7 Å². The monoisotopic (exact) mass is 246 g/mol. The quantitative estimate of drug-likeness (QED) is 0.836. The summed E-state index contributed by atoms with van der Waals surface area (Å²) in [6.07, 6.45) is 0. The molecule has 86 valence electrons. The number of fused-ring (bicyclic) bond motifs is 1. The van der Waals surface area contributed by atoms with E-state index in [0.29, 0.717) is 29.7 Å². The zero-order chi connectivity index (χ0) is 11.7. The molecule has 4 nitrogen and oxygen atoms in total. The molecule has 1 aromatic carbocycles. The molecular weight excluding hydrogens is 236 g/mol. The summed E-state index contributed by atoms with van der Waals surface area (Å²) in [4.78, 5) is 16.3. The van der Waals surface area contributed by atoms with E-state index in [2.05, 4.69) is 10.3 Å². The number of hydrogen-bond donors (Lipinski definition) is 1. The molecule has 1 N–H and O–H groups in total. The summed E-state index contributed by atoms with van der Waals surface area (Å²) in [5, 5.41) is 3.71. The molecule has 17 heavy (non-hydrogen) atoms. The Hall–Kier alpha value is -1.88. The lowest BCUT2D eigenvalue weighted by atomic mass is 10.2. The number of rotatable bonds is 1. The van der Waals surface area contributed by atoms with E-state index in [1.807, 2.05) is 30.3 Å². The molecule has 5 heteroatoms. The maximum Gasteiger partial charge on any atom is 0.263 e. The Bertz CT molecular complexity index is 595. The van der Waals surface area contributed by atoms with E-state index in [1.165, 1.54) is 0 Å². The van der Waals surface area contributed by atoms with Crippen LogP contribution in [0.4, 0.5) is 5.69 Å². The van der Waals surface area contributed by atoms with Gasteiger partial charge in [0, 0.05) is 12.1 Å². The molecule has 0 fully saturated rings. The summed E-state index contributed by atoms with van der Waals surface area (Å²) in [5.74, 6) is 0.416. The average molecular weight is 246 g/mol. The van der Waals surface area contributed by atoms with Gasteiger partial charge in [0.05, 0.1) is 0 Å². The second kappa shape index (κ2) is 4.18.